The van der Waals surface area contributed by atoms with Crippen molar-refractivity contribution < 1.29 is 4.42 Å². The molecular weight excluding hydrogens is 501 g/mol. The van der Waals surface area contributed by atoms with Gasteiger partial charge in [0, 0.05) is 37.4 Å². The van der Waals surface area contributed by atoms with Crippen molar-refractivity contribution in [3.8, 4) is 11.5 Å². The fraction of sp³-hybridized carbons (Fsp3) is 0.333. The molecule has 3 aromatic rings. The molecule has 1 aromatic heterocycles. The Hall–Kier alpha value is -2.55. The Labute approximate surface area is 201 Å². The molecule has 2 N–H and O–H groups in total. The monoisotopic (exact) mass is 531 g/mol. The van der Waals surface area contributed by atoms with Gasteiger partial charge in [0.15, 0.2) is 5.96 Å². The minimum atomic E-state index is 0. The summed E-state index contributed by atoms with van der Waals surface area (Å²) in [4.78, 5) is 11.4. The third kappa shape index (κ3) is 6.00. The summed E-state index contributed by atoms with van der Waals surface area (Å²) in [6.45, 7) is 6.75. The Morgan fingerprint density at radius 1 is 1.10 bits per heavy atom. The summed E-state index contributed by atoms with van der Waals surface area (Å²) in [5.74, 6) is 1.42. The summed E-state index contributed by atoms with van der Waals surface area (Å²) in [6, 6.07) is 17.3. The molecule has 31 heavy (non-hydrogen) atoms. The van der Waals surface area contributed by atoms with Crippen LogP contribution in [-0.4, -0.2) is 37.1 Å². The predicted octanol–water partition coefficient (Wildman–Crippen LogP) is 4.52. The summed E-state index contributed by atoms with van der Waals surface area (Å²) in [6.07, 6.45) is 2.78. The Morgan fingerprint density at radius 2 is 1.77 bits per heavy atom. The molecule has 1 fully saturated rings. The molecule has 0 saturated carbocycles. The van der Waals surface area contributed by atoms with Crippen LogP contribution in [0.15, 0.2) is 64.2 Å². The standard InChI is InChI=1S/C24H29N5O.HI/c1-17-4-8-19(9-5-17)23-27-21(16-30-23)14-26-24(25-3)28-20-12-13-29(15-20)22-10-6-18(2)7-11-22;/h4-11,16,20H,12-15H2,1-3H3,(H2,25,26,28);1H. The van der Waals surface area contributed by atoms with E-state index in [2.05, 4.69) is 75.8 Å². The predicted molar refractivity (Wildman–Crippen MR) is 137 cm³/mol. The zero-order valence-corrected chi connectivity index (χ0v) is 20.6. The van der Waals surface area contributed by atoms with Crippen molar-refractivity contribution in [3.63, 3.8) is 0 Å². The fourth-order valence-electron chi connectivity index (χ4n) is 3.65. The van der Waals surface area contributed by atoms with Crippen LogP contribution < -0.4 is 15.5 Å². The maximum Gasteiger partial charge on any atom is 0.226 e. The summed E-state index contributed by atoms with van der Waals surface area (Å²) < 4.78 is 5.64. The number of hydrogen-bond acceptors (Lipinski definition) is 4. The molecule has 4 rings (SSSR count). The van der Waals surface area contributed by atoms with Gasteiger partial charge in [0.2, 0.25) is 5.89 Å². The molecule has 1 saturated heterocycles. The van der Waals surface area contributed by atoms with Crippen LogP contribution in [0.25, 0.3) is 11.5 Å². The number of halogens is 1. The topological polar surface area (TPSA) is 65.7 Å². The Kier molecular flexibility index (Phi) is 7.95. The zero-order chi connectivity index (χ0) is 20.9. The van der Waals surface area contributed by atoms with Gasteiger partial charge in [0.05, 0.1) is 12.2 Å². The second-order valence-electron chi connectivity index (χ2n) is 7.85. The SMILES string of the molecule is CN=C(NCc1coc(-c2ccc(C)cc2)n1)NC1CCN(c2ccc(C)cc2)C1.I. The van der Waals surface area contributed by atoms with Crippen molar-refractivity contribution in [2.45, 2.75) is 32.9 Å². The highest BCUT2D eigenvalue weighted by Gasteiger charge is 2.23. The third-order valence-electron chi connectivity index (χ3n) is 5.44. The van der Waals surface area contributed by atoms with Crippen molar-refractivity contribution in [2.24, 2.45) is 4.99 Å². The minimum absolute atomic E-state index is 0. The van der Waals surface area contributed by atoms with Crippen LogP contribution in [0.3, 0.4) is 0 Å². The summed E-state index contributed by atoms with van der Waals surface area (Å²) in [7, 11) is 1.79. The maximum atomic E-state index is 5.64. The van der Waals surface area contributed by atoms with Crippen LogP contribution >= 0.6 is 24.0 Å². The van der Waals surface area contributed by atoms with E-state index in [1.165, 1.54) is 16.8 Å². The van der Waals surface area contributed by atoms with Gasteiger partial charge in [0.25, 0.3) is 0 Å². The van der Waals surface area contributed by atoms with Crippen molar-refractivity contribution in [3.05, 3.63) is 71.6 Å². The number of nitrogens with one attached hydrogen (secondary N) is 2. The molecule has 7 heteroatoms. The number of guanidine groups is 1. The highest BCUT2D eigenvalue weighted by molar-refractivity contribution is 14.0. The molecule has 0 bridgehead atoms. The molecule has 0 aliphatic carbocycles. The lowest BCUT2D eigenvalue weighted by molar-refractivity contribution is 0.572. The lowest BCUT2D eigenvalue weighted by Gasteiger charge is -2.20. The van der Waals surface area contributed by atoms with Gasteiger partial charge >= 0.3 is 0 Å². The van der Waals surface area contributed by atoms with Gasteiger partial charge in [-0.15, -0.1) is 24.0 Å². The van der Waals surface area contributed by atoms with Gasteiger partial charge in [-0.1, -0.05) is 35.4 Å². The third-order valence-corrected chi connectivity index (χ3v) is 5.44. The Bertz CT molecular complexity index is 998. The van der Waals surface area contributed by atoms with Gasteiger partial charge < -0.3 is 20.0 Å². The van der Waals surface area contributed by atoms with E-state index in [0.29, 0.717) is 18.5 Å². The summed E-state index contributed by atoms with van der Waals surface area (Å²) in [5, 5.41) is 6.88. The van der Waals surface area contributed by atoms with Crippen molar-refractivity contribution in [2.75, 3.05) is 25.0 Å². The number of hydrogen-bond donors (Lipinski definition) is 2. The van der Waals surface area contributed by atoms with E-state index in [1.807, 2.05) is 12.1 Å². The van der Waals surface area contributed by atoms with Crippen molar-refractivity contribution in [1.82, 2.24) is 15.6 Å². The average molecular weight is 531 g/mol. The van der Waals surface area contributed by atoms with Crippen molar-refractivity contribution >= 4 is 35.6 Å². The largest absolute Gasteiger partial charge is 0.444 e. The number of anilines is 1. The molecule has 0 radical (unpaired) electrons. The molecule has 0 amide bonds. The smallest absolute Gasteiger partial charge is 0.226 e. The molecular formula is C24H30IN5O. The molecule has 0 spiro atoms. The molecule has 1 atom stereocenters. The molecule has 1 aliphatic heterocycles. The van der Waals surface area contributed by atoms with E-state index in [9.17, 15) is 0 Å². The van der Waals surface area contributed by atoms with Crippen LogP contribution in [-0.2, 0) is 6.54 Å². The quantitative estimate of drug-likeness (QED) is 0.288. The Morgan fingerprint density at radius 3 is 2.45 bits per heavy atom. The first-order chi connectivity index (χ1) is 14.6. The van der Waals surface area contributed by atoms with Gasteiger partial charge in [-0.3, -0.25) is 4.99 Å². The fourth-order valence-corrected chi connectivity index (χ4v) is 3.65. The van der Waals surface area contributed by atoms with E-state index in [0.717, 1.165) is 36.7 Å². The molecule has 2 heterocycles. The zero-order valence-electron chi connectivity index (χ0n) is 18.3. The molecule has 2 aromatic carbocycles. The van der Waals surface area contributed by atoms with E-state index in [-0.39, 0.29) is 24.0 Å². The lowest BCUT2D eigenvalue weighted by atomic mass is 10.1. The number of oxazole rings is 1. The number of aryl methyl sites for hydroxylation is 2. The first-order valence-corrected chi connectivity index (χ1v) is 10.4. The van der Waals surface area contributed by atoms with E-state index >= 15 is 0 Å². The van der Waals surface area contributed by atoms with Crippen molar-refractivity contribution in [1.29, 1.82) is 0 Å². The average Bonchev–Trinajstić information content (AvgIpc) is 3.42. The number of rotatable bonds is 5. The van der Waals surface area contributed by atoms with Crippen LogP contribution in [0.1, 0.15) is 23.2 Å². The number of aliphatic imine (C=N–C) groups is 1. The summed E-state index contributed by atoms with van der Waals surface area (Å²) >= 11 is 0. The first kappa shape index (κ1) is 23.1. The van der Waals surface area contributed by atoms with Gasteiger partial charge in [-0.2, -0.15) is 0 Å². The van der Waals surface area contributed by atoms with Crippen LogP contribution in [0, 0.1) is 13.8 Å². The minimum Gasteiger partial charge on any atom is -0.444 e. The van der Waals surface area contributed by atoms with Crippen LogP contribution in [0.5, 0.6) is 0 Å². The van der Waals surface area contributed by atoms with Gasteiger partial charge in [-0.25, -0.2) is 4.98 Å². The second kappa shape index (κ2) is 10.7. The molecule has 164 valence electrons. The number of aromatic nitrogens is 1. The van der Waals surface area contributed by atoms with E-state index in [1.54, 1.807) is 13.3 Å². The summed E-state index contributed by atoms with van der Waals surface area (Å²) in [5.41, 5.74) is 5.61. The Balaban J connectivity index is 0.00000272. The van der Waals surface area contributed by atoms with E-state index < -0.39 is 0 Å². The maximum absolute atomic E-state index is 5.64. The highest BCUT2D eigenvalue weighted by Crippen LogP contribution is 2.21. The number of benzene rings is 2. The normalized spacial score (nSPS) is 16.2. The van der Waals surface area contributed by atoms with Crippen LogP contribution in [0.4, 0.5) is 5.69 Å². The lowest BCUT2D eigenvalue weighted by Crippen LogP contribution is -2.44. The molecule has 1 unspecified atom stereocenters. The second-order valence-corrected chi connectivity index (χ2v) is 7.85. The van der Waals surface area contributed by atoms with Gasteiger partial charge in [-0.05, 0) is 44.5 Å². The van der Waals surface area contributed by atoms with Crippen LogP contribution in [0.2, 0.25) is 0 Å². The van der Waals surface area contributed by atoms with Gasteiger partial charge in [0.1, 0.15) is 6.26 Å². The number of nitrogens with zero attached hydrogens (tertiary/aromatic N) is 3. The molecule has 1 aliphatic rings. The first-order valence-electron chi connectivity index (χ1n) is 10.4. The molecule has 6 nitrogen and oxygen atoms in total. The highest BCUT2D eigenvalue weighted by atomic mass is 127. The van der Waals surface area contributed by atoms with E-state index in [4.69, 9.17) is 4.42 Å².